The maximum Gasteiger partial charge on any atom is 0.416 e. The summed E-state index contributed by atoms with van der Waals surface area (Å²) in [5.74, 6) is 0.498. The summed E-state index contributed by atoms with van der Waals surface area (Å²) in [6, 6.07) is 20.4. The molecular weight excluding hydrogens is 427 g/mol. The van der Waals surface area contributed by atoms with Crippen LogP contribution < -0.4 is 15.4 Å². The highest BCUT2D eigenvalue weighted by molar-refractivity contribution is 5.28. The fraction of sp³-hybridized carbons (Fsp3) is 0.269. The Hall–Kier alpha value is -3.32. The minimum atomic E-state index is -4.34. The van der Waals surface area contributed by atoms with E-state index in [1.165, 1.54) is 12.1 Å². The third-order valence-corrected chi connectivity index (χ3v) is 5.48. The average Bonchev–Trinajstić information content (AvgIpc) is 2.84. The number of aryl methyl sites for hydroxylation is 1. The molecule has 7 heteroatoms. The van der Waals surface area contributed by atoms with Crippen LogP contribution in [0.15, 0.2) is 85.1 Å². The smallest absolute Gasteiger partial charge is 0.416 e. The van der Waals surface area contributed by atoms with Gasteiger partial charge in [0.2, 0.25) is 5.88 Å². The highest BCUT2D eigenvalue weighted by Gasteiger charge is 2.30. The Morgan fingerprint density at radius 3 is 2.30 bits per heavy atom. The lowest BCUT2D eigenvalue weighted by Gasteiger charge is -2.28. The number of likely N-dealkylation sites (N-methyl/N-ethyl adjacent to an activating group) is 1. The van der Waals surface area contributed by atoms with Crippen molar-refractivity contribution in [1.29, 1.82) is 0 Å². The first-order valence-electron chi connectivity index (χ1n) is 10.7. The van der Waals surface area contributed by atoms with Crippen LogP contribution in [0.25, 0.3) is 0 Å². The van der Waals surface area contributed by atoms with Crippen molar-refractivity contribution in [2.24, 2.45) is 0 Å². The molecule has 2 aromatic carbocycles. The molecule has 0 fully saturated rings. The van der Waals surface area contributed by atoms with Gasteiger partial charge in [0.1, 0.15) is 0 Å². The van der Waals surface area contributed by atoms with Gasteiger partial charge in [-0.15, -0.1) is 0 Å². The number of hydrogen-bond donors (Lipinski definition) is 2. The monoisotopic (exact) mass is 455 g/mol. The van der Waals surface area contributed by atoms with Crippen LogP contribution in [0, 0.1) is 0 Å². The standard InChI is InChI=1S/C26H28F3N3O/c1-18(30-2)25(20-8-5-4-6-9-20)32-23(22-10-7-11-24(31-22)33-3)17-14-19-12-15-21(16-13-19)26(27,28)29/h4-13,15-16,23,25,30,32H,1,14,17H2,2-3H3/t23-,25+/m0/s1. The Kier molecular flexibility index (Phi) is 8.11. The van der Waals surface area contributed by atoms with E-state index in [0.29, 0.717) is 18.7 Å². The molecule has 0 aliphatic carbocycles. The number of aromatic nitrogens is 1. The van der Waals surface area contributed by atoms with Crippen molar-refractivity contribution in [2.75, 3.05) is 14.2 Å². The van der Waals surface area contributed by atoms with Crippen LogP contribution in [-0.4, -0.2) is 19.1 Å². The zero-order valence-electron chi connectivity index (χ0n) is 18.7. The molecule has 0 saturated carbocycles. The van der Waals surface area contributed by atoms with Crippen molar-refractivity contribution >= 4 is 0 Å². The third kappa shape index (κ3) is 6.58. The van der Waals surface area contributed by atoms with Gasteiger partial charge < -0.3 is 10.1 Å². The fourth-order valence-corrected chi connectivity index (χ4v) is 3.62. The van der Waals surface area contributed by atoms with E-state index in [9.17, 15) is 13.2 Å². The summed E-state index contributed by atoms with van der Waals surface area (Å²) in [4.78, 5) is 4.60. The zero-order chi connectivity index (χ0) is 23.8. The lowest BCUT2D eigenvalue weighted by molar-refractivity contribution is -0.137. The van der Waals surface area contributed by atoms with Gasteiger partial charge >= 0.3 is 6.18 Å². The molecular formula is C26H28F3N3O. The predicted octanol–water partition coefficient (Wildman–Crippen LogP) is 5.85. The SMILES string of the molecule is C=C(NC)[C@@H](N[C@@H](CCc1ccc(C(F)(F)F)cc1)c1cccc(OC)n1)c1ccccc1. The van der Waals surface area contributed by atoms with Crippen LogP contribution in [0.5, 0.6) is 5.88 Å². The van der Waals surface area contributed by atoms with Gasteiger partial charge in [-0.1, -0.05) is 55.1 Å². The Morgan fingerprint density at radius 2 is 1.70 bits per heavy atom. The van der Waals surface area contributed by atoms with E-state index in [-0.39, 0.29) is 12.1 Å². The van der Waals surface area contributed by atoms with E-state index >= 15 is 0 Å². The lowest BCUT2D eigenvalue weighted by Crippen LogP contribution is -2.32. The van der Waals surface area contributed by atoms with Crippen LogP contribution in [-0.2, 0) is 12.6 Å². The molecule has 0 spiro atoms. The molecule has 1 heterocycles. The van der Waals surface area contributed by atoms with E-state index < -0.39 is 11.7 Å². The molecule has 174 valence electrons. The van der Waals surface area contributed by atoms with E-state index in [0.717, 1.165) is 34.7 Å². The molecule has 0 aliphatic rings. The number of rotatable bonds is 10. The average molecular weight is 456 g/mol. The van der Waals surface area contributed by atoms with Crippen LogP contribution in [0.4, 0.5) is 13.2 Å². The summed E-state index contributed by atoms with van der Waals surface area (Å²) < 4.78 is 44.0. The van der Waals surface area contributed by atoms with Gasteiger partial charge in [0, 0.05) is 18.8 Å². The number of benzene rings is 2. The molecule has 0 bridgehead atoms. The van der Waals surface area contributed by atoms with Crippen LogP contribution >= 0.6 is 0 Å². The summed E-state index contributed by atoms with van der Waals surface area (Å²) in [7, 11) is 3.38. The summed E-state index contributed by atoms with van der Waals surface area (Å²) in [6.07, 6.45) is -3.16. The molecule has 2 N–H and O–H groups in total. The van der Waals surface area contributed by atoms with Crippen molar-refractivity contribution < 1.29 is 17.9 Å². The molecule has 4 nitrogen and oxygen atoms in total. The summed E-state index contributed by atoms with van der Waals surface area (Å²) in [6.45, 7) is 4.16. The topological polar surface area (TPSA) is 46.2 Å². The van der Waals surface area contributed by atoms with Crippen molar-refractivity contribution in [3.8, 4) is 5.88 Å². The Morgan fingerprint density at radius 1 is 1.00 bits per heavy atom. The summed E-state index contributed by atoms with van der Waals surface area (Å²) >= 11 is 0. The fourth-order valence-electron chi connectivity index (χ4n) is 3.62. The maximum absolute atomic E-state index is 12.9. The van der Waals surface area contributed by atoms with E-state index in [4.69, 9.17) is 4.74 Å². The summed E-state index contributed by atoms with van der Waals surface area (Å²) in [5.41, 5.74) is 2.79. The highest BCUT2D eigenvalue weighted by atomic mass is 19.4. The molecule has 2 atom stereocenters. The number of methoxy groups -OCH3 is 1. The number of pyridine rings is 1. The van der Waals surface area contributed by atoms with Gasteiger partial charge in [-0.05, 0) is 42.2 Å². The first-order chi connectivity index (χ1) is 15.8. The van der Waals surface area contributed by atoms with Gasteiger partial charge in [-0.3, -0.25) is 5.32 Å². The maximum atomic E-state index is 12.9. The number of alkyl halides is 3. The van der Waals surface area contributed by atoms with Crippen molar-refractivity contribution in [3.63, 3.8) is 0 Å². The van der Waals surface area contributed by atoms with Gasteiger partial charge in [0.05, 0.1) is 30.5 Å². The molecule has 33 heavy (non-hydrogen) atoms. The number of halogens is 3. The van der Waals surface area contributed by atoms with Crippen molar-refractivity contribution in [3.05, 3.63) is 107 Å². The van der Waals surface area contributed by atoms with Crippen LogP contribution in [0.2, 0.25) is 0 Å². The number of hydrogen-bond acceptors (Lipinski definition) is 4. The highest BCUT2D eigenvalue weighted by Crippen LogP contribution is 2.30. The molecule has 0 aliphatic heterocycles. The minimum absolute atomic E-state index is 0.193. The number of nitrogens with one attached hydrogen (secondary N) is 2. The summed E-state index contributed by atoms with van der Waals surface area (Å²) in [5, 5.41) is 6.76. The van der Waals surface area contributed by atoms with E-state index in [1.54, 1.807) is 13.2 Å². The predicted molar refractivity (Wildman–Crippen MR) is 124 cm³/mol. The normalized spacial score (nSPS) is 13.2. The van der Waals surface area contributed by atoms with E-state index in [2.05, 4.69) is 22.2 Å². The largest absolute Gasteiger partial charge is 0.481 e. The van der Waals surface area contributed by atoms with Gasteiger partial charge in [-0.25, -0.2) is 4.98 Å². The number of ether oxygens (including phenoxy) is 1. The zero-order valence-corrected chi connectivity index (χ0v) is 18.7. The third-order valence-electron chi connectivity index (χ3n) is 5.48. The molecule has 0 amide bonds. The number of nitrogens with zero attached hydrogens (tertiary/aromatic N) is 1. The Balaban J connectivity index is 1.86. The second kappa shape index (κ2) is 11.0. The van der Waals surface area contributed by atoms with Crippen LogP contribution in [0.3, 0.4) is 0 Å². The molecule has 3 rings (SSSR count). The van der Waals surface area contributed by atoms with Crippen molar-refractivity contribution in [2.45, 2.75) is 31.1 Å². The molecule has 3 aromatic rings. The molecule has 0 radical (unpaired) electrons. The Labute approximate surface area is 192 Å². The molecule has 0 saturated heterocycles. The molecule has 0 unspecified atom stereocenters. The first-order valence-corrected chi connectivity index (χ1v) is 10.7. The minimum Gasteiger partial charge on any atom is -0.481 e. The van der Waals surface area contributed by atoms with Crippen LogP contribution in [0.1, 0.15) is 40.9 Å². The van der Waals surface area contributed by atoms with Gasteiger partial charge in [0.25, 0.3) is 0 Å². The van der Waals surface area contributed by atoms with Crippen molar-refractivity contribution in [1.82, 2.24) is 15.6 Å². The Bertz CT molecular complexity index is 1040. The first kappa shape index (κ1) is 24.3. The molecule has 1 aromatic heterocycles. The van der Waals surface area contributed by atoms with Gasteiger partial charge in [0.15, 0.2) is 0 Å². The van der Waals surface area contributed by atoms with Gasteiger partial charge in [-0.2, -0.15) is 13.2 Å². The second-order valence-electron chi connectivity index (χ2n) is 7.68. The van der Waals surface area contributed by atoms with E-state index in [1.807, 2.05) is 49.5 Å². The quantitative estimate of drug-likeness (QED) is 0.403. The lowest BCUT2D eigenvalue weighted by atomic mass is 9.98. The second-order valence-corrected chi connectivity index (χ2v) is 7.68.